The standard InChI is InChI=1S/C33H46O4/c1-4-5-6-7-8-9-30-26-28(11-10-27-12-17-31(18-13-27)36-24-22-34-2)14-21-33(30)29-15-19-32(20-16-29)37-25-23-35-3/h12-19,21,26,32H,4-11,20,22-25H2,1-3H3. The second kappa shape index (κ2) is 17.2. The smallest absolute Gasteiger partial charge is 0.119 e. The fourth-order valence-corrected chi connectivity index (χ4v) is 4.70. The van der Waals surface area contributed by atoms with E-state index in [4.69, 9.17) is 18.9 Å². The molecule has 0 amide bonds. The highest BCUT2D eigenvalue weighted by molar-refractivity contribution is 5.77. The highest BCUT2D eigenvalue weighted by atomic mass is 16.5. The van der Waals surface area contributed by atoms with E-state index in [2.05, 4.69) is 67.6 Å². The van der Waals surface area contributed by atoms with Gasteiger partial charge < -0.3 is 18.9 Å². The van der Waals surface area contributed by atoms with E-state index in [0.717, 1.165) is 31.4 Å². The van der Waals surface area contributed by atoms with Crippen LogP contribution in [0.4, 0.5) is 0 Å². The number of unbranched alkanes of at least 4 members (excludes halogenated alkanes) is 4. The summed E-state index contributed by atoms with van der Waals surface area (Å²) in [4.78, 5) is 0. The van der Waals surface area contributed by atoms with Crippen LogP contribution in [-0.4, -0.2) is 46.8 Å². The zero-order chi connectivity index (χ0) is 26.1. The number of benzene rings is 2. The quantitative estimate of drug-likeness (QED) is 0.198. The highest BCUT2D eigenvalue weighted by Crippen LogP contribution is 2.28. The Hall–Kier alpha value is -2.40. The molecule has 0 aromatic heterocycles. The lowest BCUT2D eigenvalue weighted by atomic mass is 9.89. The van der Waals surface area contributed by atoms with Gasteiger partial charge in [0, 0.05) is 14.2 Å². The van der Waals surface area contributed by atoms with Gasteiger partial charge in [0.05, 0.1) is 25.9 Å². The van der Waals surface area contributed by atoms with Gasteiger partial charge >= 0.3 is 0 Å². The van der Waals surface area contributed by atoms with Crippen molar-refractivity contribution in [2.24, 2.45) is 0 Å². The first kappa shape index (κ1) is 29.2. The Balaban J connectivity index is 1.63. The van der Waals surface area contributed by atoms with Crippen LogP contribution in [0, 0.1) is 0 Å². The molecule has 0 bridgehead atoms. The molecule has 0 heterocycles. The van der Waals surface area contributed by atoms with Gasteiger partial charge in [0.2, 0.25) is 0 Å². The summed E-state index contributed by atoms with van der Waals surface area (Å²) >= 11 is 0. The molecular weight excluding hydrogens is 460 g/mol. The molecule has 0 spiro atoms. The molecule has 1 atom stereocenters. The van der Waals surface area contributed by atoms with Crippen LogP contribution >= 0.6 is 0 Å². The third kappa shape index (κ3) is 10.5. The van der Waals surface area contributed by atoms with Crippen molar-refractivity contribution in [1.29, 1.82) is 0 Å². The normalized spacial score (nSPS) is 15.1. The van der Waals surface area contributed by atoms with Crippen molar-refractivity contribution < 1.29 is 18.9 Å². The van der Waals surface area contributed by atoms with Gasteiger partial charge in [-0.05, 0) is 72.1 Å². The van der Waals surface area contributed by atoms with Crippen LogP contribution in [0.1, 0.15) is 67.7 Å². The number of hydrogen-bond donors (Lipinski definition) is 0. The number of hydrogen-bond acceptors (Lipinski definition) is 4. The number of allylic oxidation sites excluding steroid dienone is 2. The van der Waals surface area contributed by atoms with E-state index in [-0.39, 0.29) is 6.10 Å². The molecular formula is C33H46O4. The molecule has 1 aliphatic rings. The Labute approximate surface area is 224 Å². The van der Waals surface area contributed by atoms with Crippen molar-refractivity contribution in [2.75, 3.05) is 40.6 Å². The van der Waals surface area contributed by atoms with E-state index in [1.54, 1.807) is 14.2 Å². The predicted molar refractivity (Wildman–Crippen MR) is 153 cm³/mol. The van der Waals surface area contributed by atoms with Gasteiger partial charge in [0.15, 0.2) is 0 Å². The maximum Gasteiger partial charge on any atom is 0.119 e. The van der Waals surface area contributed by atoms with Crippen molar-refractivity contribution in [3.8, 4) is 5.75 Å². The molecule has 3 rings (SSSR count). The van der Waals surface area contributed by atoms with Gasteiger partial charge in [-0.3, -0.25) is 0 Å². The van der Waals surface area contributed by atoms with Crippen molar-refractivity contribution in [1.82, 2.24) is 0 Å². The van der Waals surface area contributed by atoms with E-state index >= 15 is 0 Å². The lowest BCUT2D eigenvalue weighted by Gasteiger charge is -2.19. The fraction of sp³-hybridized carbons (Fsp3) is 0.515. The number of rotatable bonds is 18. The van der Waals surface area contributed by atoms with E-state index in [9.17, 15) is 0 Å². The maximum atomic E-state index is 5.90. The minimum atomic E-state index is 0.146. The van der Waals surface area contributed by atoms with Crippen molar-refractivity contribution in [3.63, 3.8) is 0 Å². The molecule has 0 saturated heterocycles. The zero-order valence-corrected chi connectivity index (χ0v) is 23.2. The summed E-state index contributed by atoms with van der Waals surface area (Å²) in [6, 6.07) is 15.6. The Kier molecular flexibility index (Phi) is 13.5. The van der Waals surface area contributed by atoms with E-state index in [0.29, 0.717) is 26.4 Å². The molecule has 4 heteroatoms. The summed E-state index contributed by atoms with van der Waals surface area (Å²) in [6.07, 6.45) is 17.6. The zero-order valence-electron chi connectivity index (χ0n) is 23.2. The molecule has 0 N–H and O–H groups in total. The van der Waals surface area contributed by atoms with Crippen molar-refractivity contribution in [2.45, 2.75) is 70.8 Å². The Bertz CT molecular complexity index is 961. The molecule has 0 fully saturated rings. The molecule has 2 aromatic carbocycles. The Morgan fingerprint density at radius 3 is 2.22 bits per heavy atom. The average Bonchev–Trinajstić information content (AvgIpc) is 2.93. The molecule has 202 valence electrons. The summed E-state index contributed by atoms with van der Waals surface area (Å²) in [7, 11) is 3.40. The van der Waals surface area contributed by atoms with Crippen LogP contribution < -0.4 is 4.74 Å². The number of methoxy groups -OCH3 is 2. The summed E-state index contributed by atoms with van der Waals surface area (Å²) in [5.41, 5.74) is 6.93. The van der Waals surface area contributed by atoms with E-state index in [1.165, 1.54) is 59.9 Å². The molecule has 1 unspecified atom stereocenters. The number of ether oxygens (including phenoxy) is 4. The van der Waals surface area contributed by atoms with Gasteiger partial charge in [-0.15, -0.1) is 0 Å². The summed E-state index contributed by atoms with van der Waals surface area (Å²) in [5, 5.41) is 0. The molecule has 1 aliphatic carbocycles. The Morgan fingerprint density at radius 2 is 1.49 bits per heavy atom. The first-order valence-electron chi connectivity index (χ1n) is 14.0. The molecule has 37 heavy (non-hydrogen) atoms. The molecule has 0 aliphatic heterocycles. The van der Waals surface area contributed by atoms with E-state index < -0.39 is 0 Å². The van der Waals surface area contributed by atoms with Crippen LogP contribution in [0.3, 0.4) is 0 Å². The van der Waals surface area contributed by atoms with Gasteiger partial charge in [-0.25, -0.2) is 0 Å². The second-order valence-corrected chi connectivity index (χ2v) is 9.80. The van der Waals surface area contributed by atoms with Gasteiger partial charge in [0.25, 0.3) is 0 Å². The van der Waals surface area contributed by atoms with Gasteiger partial charge in [-0.2, -0.15) is 0 Å². The maximum absolute atomic E-state index is 5.90. The highest BCUT2D eigenvalue weighted by Gasteiger charge is 2.13. The van der Waals surface area contributed by atoms with E-state index in [1.807, 2.05) is 0 Å². The monoisotopic (exact) mass is 506 g/mol. The first-order valence-corrected chi connectivity index (χ1v) is 14.0. The van der Waals surface area contributed by atoms with Crippen LogP contribution in [-0.2, 0) is 33.5 Å². The van der Waals surface area contributed by atoms with Crippen LogP contribution in [0.25, 0.3) is 5.57 Å². The molecule has 0 radical (unpaired) electrons. The average molecular weight is 507 g/mol. The summed E-state index contributed by atoms with van der Waals surface area (Å²) in [6.45, 7) is 4.73. The van der Waals surface area contributed by atoms with Gasteiger partial charge in [-0.1, -0.05) is 81.2 Å². The Morgan fingerprint density at radius 1 is 0.757 bits per heavy atom. The molecule has 2 aromatic rings. The summed E-state index contributed by atoms with van der Waals surface area (Å²) in [5.74, 6) is 0.899. The molecule has 4 nitrogen and oxygen atoms in total. The minimum absolute atomic E-state index is 0.146. The number of aryl methyl sites for hydroxylation is 3. The van der Waals surface area contributed by atoms with Crippen molar-refractivity contribution in [3.05, 3.63) is 82.9 Å². The second-order valence-electron chi connectivity index (χ2n) is 9.80. The van der Waals surface area contributed by atoms with Crippen LogP contribution in [0.5, 0.6) is 5.75 Å². The predicted octanol–water partition coefficient (Wildman–Crippen LogP) is 7.38. The van der Waals surface area contributed by atoms with Crippen LogP contribution in [0.15, 0.2) is 60.7 Å². The van der Waals surface area contributed by atoms with Crippen LogP contribution in [0.2, 0.25) is 0 Å². The molecule has 0 saturated carbocycles. The lowest BCUT2D eigenvalue weighted by molar-refractivity contribution is 0.0406. The minimum Gasteiger partial charge on any atom is -0.491 e. The third-order valence-corrected chi connectivity index (χ3v) is 6.89. The van der Waals surface area contributed by atoms with Gasteiger partial charge in [0.1, 0.15) is 12.4 Å². The SMILES string of the molecule is CCCCCCCc1cc(CCc2ccc(OCCOC)cc2)ccc1C1=CCC(OCCOC)C=C1. The first-order chi connectivity index (χ1) is 18.2. The van der Waals surface area contributed by atoms with Crippen molar-refractivity contribution >= 4 is 5.57 Å². The largest absolute Gasteiger partial charge is 0.491 e. The topological polar surface area (TPSA) is 36.9 Å². The fourth-order valence-electron chi connectivity index (χ4n) is 4.70. The third-order valence-electron chi connectivity index (χ3n) is 6.89. The lowest BCUT2D eigenvalue weighted by Crippen LogP contribution is -2.14. The summed E-state index contributed by atoms with van der Waals surface area (Å²) < 4.78 is 21.8.